The van der Waals surface area contributed by atoms with Gasteiger partial charge >= 0.3 is 0 Å². The average Bonchev–Trinajstić information content (AvgIpc) is 2.63. The fourth-order valence-electron chi connectivity index (χ4n) is 2.91. The maximum Gasteiger partial charge on any atom is 0.267 e. The Balaban J connectivity index is 1.46. The van der Waals surface area contributed by atoms with Crippen molar-refractivity contribution >= 4 is 41.0 Å². The molecular weight excluding hydrogens is 336 g/mol. The zero-order valence-corrected chi connectivity index (χ0v) is 14.9. The second-order valence-corrected chi connectivity index (χ2v) is 7.17. The molecule has 130 valence electrons. The molecule has 0 amide bonds. The molecule has 0 aliphatic carbocycles. The van der Waals surface area contributed by atoms with Crippen molar-refractivity contribution in [3.63, 3.8) is 0 Å². The van der Waals surface area contributed by atoms with E-state index in [2.05, 4.69) is 44.3 Å². The number of piperazine rings is 1. The first kappa shape index (κ1) is 16.2. The lowest BCUT2D eigenvalue weighted by Gasteiger charge is -2.34. The van der Waals surface area contributed by atoms with Gasteiger partial charge in [0, 0.05) is 37.6 Å². The van der Waals surface area contributed by atoms with Crippen LogP contribution < -0.4 is 10.2 Å². The van der Waals surface area contributed by atoms with Gasteiger partial charge in [-0.1, -0.05) is 11.8 Å². The lowest BCUT2D eigenvalue weighted by atomic mass is 10.2. The normalized spacial score (nSPS) is 17.8. The summed E-state index contributed by atoms with van der Waals surface area (Å²) in [6, 6.07) is 8.32. The fraction of sp³-hybridized carbons (Fsp3) is 0.353. The van der Waals surface area contributed by atoms with Gasteiger partial charge in [-0.05, 0) is 31.3 Å². The average molecular weight is 356 g/mol. The van der Waals surface area contributed by atoms with E-state index in [0.29, 0.717) is 22.4 Å². The zero-order chi connectivity index (χ0) is 17.2. The van der Waals surface area contributed by atoms with E-state index in [4.69, 9.17) is 0 Å². The Bertz CT molecular complexity index is 786. The highest BCUT2D eigenvalue weighted by atomic mass is 32.2. The van der Waals surface area contributed by atoms with Gasteiger partial charge in [0.2, 0.25) is 5.95 Å². The van der Waals surface area contributed by atoms with Crippen LogP contribution >= 0.6 is 11.8 Å². The maximum atomic E-state index is 11.7. The van der Waals surface area contributed by atoms with Gasteiger partial charge in [0.1, 0.15) is 6.20 Å². The Hall–Kier alpha value is -2.32. The molecule has 1 N–H and O–H groups in total. The first-order valence-electron chi connectivity index (χ1n) is 8.29. The summed E-state index contributed by atoms with van der Waals surface area (Å²) in [6.45, 7) is 4.29. The van der Waals surface area contributed by atoms with Crippen LogP contribution in [0, 0.1) is 5.21 Å². The number of fused-ring (bicyclic) bond motifs is 1. The van der Waals surface area contributed by atoms with Gasteiger partial charge in [-0.3, -0.25) is 0 Å². The summed E-state index contributed by atoms with van der Waals surface area (Å²) in [5.74, 6) is 1.14. The molecule has 0 saturated carbocycles. The number of aromatic nitrogens is 2. The molecule has 2 aliphatic rings. The van der Waals surface area contributed by atoms with Crippen molar-refractivity contribution in [2.75, 3.05) is 49.2 Å². The Kier molecular flexibility index (Phi) is 4.46. The van der Waals surface area contributed by atoms with Gasteiger partial charge in [0.05, 0.1) is 5.75 Å². The van der Waals surface area contributed by atoms with Crippen LogP contribution in [0.2, 0.25) is 0 Å². The number of rotatable bonds is 3. The third-order valence-electron chi connectivity index (χ3n) is 4.43. The van der Waals surface area contributed by atoms with Crippen molar-refractivity contribution in [3.8, 4) is 0 Å². The second kappa shape index (κ2) is 6.89. The number of hydrogen-bond acceptors (Lipinski definition) is 7. The van der Waals surface area contributed by atoms with E-state index in [1.54, 1.807) is 12.4 Å². The van der Waals surface area contributed by atoms with Crippen LogP contribution in [0.1, 0.15) is 0 Å². The van der Waals surface area contributed by atoms with Crippen LogP contribution in [0.4, 0.5) is 23.0 Å². The van der Waals surface area contributed by atoms with Crippen LogP contribution in [0.5, 0.6) is 0 Å². The van der Waals surface area contributed by atoms with Crippen molar-refractivity contribution in [1.82, 2.24) is 14.9 Å². The summed E-state index contributed by atoms with van der Waals surface area (Å²) < 4.78 is 0.834. The molecule has 0 radical (unpaired) electrons. The molecule has 8 heteroatoms. The maximum absolute atomic E-state index is 11.7. The SMILES string of the molecule is CN1CCN(c2ccc(Nc3ncc4c(n3)SCC=[N+]4[O-])cc2)CC1. The molecule has 0 atom stereocenters. The van der Waals surface area contributed by atoms with Gasteiger partial charge < -0.3 is 20.3 Å². The van der Waals surface area contributed by atoms with Crippen LogP contribution in [-0.4, -0.2) is 64.8 Å². The lowest BCUT2D eigenvalue weighted by molar-refractivity contribution is -0.359. The van der Waals surface area contributed by atoms with E-state index >= 15 is 0 Å². The Labute approximate surface area is 151 Å². The highest BCUT2D eigenvalue weighted by molar-refractivity contribution is 8.00. The molecule has 1 aromatic heterocycles. The molecule has 0 bridgehead atoms. The zero-order valence-electron chi connectivity index (χ0n) is 14.1. The Morgan fingerprint density at radius 2 is 1.92 bits per heavy atom. The number of nitrogens with zero attached hydrogens (tertiary/aromatic N) is 5. The molecule has 1 aromatic carbocycles. The van der Waals surface area contributed by atoms with E-state index in [9.17, 15) is 5.21 Å². The standard InChI is InChI=1S/C17H20N6OS/c1-21-6-8-22(9-7-21)14-4-2-13(3-5-14)19-17-18-12-15-16(20-17)25-11-10-23(15)24/h2-5,10,12H,6-9,11H2,1H3,(H,18,19,20). The van der Waals surface area contributed by atoms with Crippen molar-refractivity contribution in [2.45, 2.75) is 5.03 Å². The van der Waals surface area contributed by atoms with Gasteiger partial charge in [-0.15, -0.1) is 0 Å². The highest BCUT2D eigenvalue weighted by Gasteiger charge is 2.19. The third kappa shape index (κ3) is 3.54. The van der Waals surface area contributed by atoms with E-state index in [1.807, 2.05) is 12.1 Å². The number of anilines is 3. The topological polar surface area (TPSA) is 70.4 Å². The first-order valence-corrected chi connectivity index (χ1v) is 9.28. The van der Waals surface area contributed by atoms with Gasteiger partial charge in [0.25, 0.3) is 5.69 Å². The van der Waals surface area contributed by atoms with E-state index < -0.39 is 0 Å². The quantitative estimate of drug-likeness (QED) is 0.514. The van der Waals surface area contributed by atoms with Gasteiger partial charge in [-0.2, -0.15) is 9.72 Å². The number of nitrogens with one attached hydrogen (secondary N) is 1. The minimum Gasteiger partial charge on any atom is -0.618 e. The predicted octanol–water partition coefficient (Wildman–Crippen LogP) is 2.29. The Morgan fingerprint density at radius 1 is 1.16 bits per heavy atom. The predicted molar refractivity (Wildman–Crippen MR) is 102 cm³/mol. The number of likely N-dealkylation sites (N-methyl/N-ethyl adjacent to an activating group) is 1. The van der Waals surface area contributed by atoms with E-state index in [-0.39, 0.29) is 0 Å². The van der Waals surface area contributed by atoms with Crippen LogP contribution in [0.3, 0.4) is 0 Å². The first-order chi connectivity index (χ1) is 12.2. The monoisotopic (exact) mass is 356 g/mol. The molecule has 2 aliphatic heterocycles. The molecule has 1 saturated heterocycles. The number of benzene rings is 1. The minimum atomic E-state index is 0.507. The number of hydrogen-bond donors (Lipinski definition) is 1. The largest absolute Gasteiger partial charge is 0.618 e. The molecule has 0 unspecified atom stereocenters. The lowest BCUT2D eigenvalue weighted by Crippen LogP contribution is -2.44. The molecule has 4 rings (SSSR count). The second-order valence-electron chi connectivity index (χ2n) is 6.17. The molecule has 7 nitrogen and oxygen atoms in total. The highest BCUT2D eigenvalue weighted by Crippen LogP contribution is 2.30. The van der Waals surface area contributed by atoms with Crippen molar-refractivity contribution in [1.29, 1.82) is 0 Å². The van der Waals surface area contributed by atoms with Crippen LogP contribution in [-0.2, 0) is 0 Å². The summed E-state index contributed by atoms with van der Waals surface area (Å²) in [6.07, 6.45) is 3.15. The van der Waals surface area contributed by atoms with E-state index in [0.717, 1.165) is 36.6 Å². The van der Waals surface area contributed by atoms with Crippen molar-refractivity contribution < 1.29 is 4.74 Å². The molecule has 25 heavy (non-hydrogen) atoms. The minimum absolute atomic E-state index is 0.507. The van der Waals surface area contributed by atoms with Crippen LogP contribution in [0.25, 0.3) is 0 Å². The summed E-state index contributed by atoms with van der Waals surface area (Å²) in [7, 11) is 2.16. The smallest absolute Gasteiger partial charge is 0.267 e. The number of thioether (sulfide) groups is 1. The van der Waals surface area contributed by atoms with Crippen molar-refractivity contribution in [2.24, 2.45) is 0 Å². The summed E-state index contributed by atoms with van der Waals surface area (Å²) >= 11 is 1.54. The molecule has 3 heterocycles. The molecular formula is C17H20N6OS. The third-order valence-corrected chi connectivity index (χ3v) is 5.31. The summed E-state index contributed by atoms with van der Waals surface area (Å²) in [4.78, 5) is 13.4. The molecule has 2 aromatic rings. The Morgan fingerprint density at radius 3 is 2.68 bits per heavy atom. The van der Waals surface area contributed by atoms with E-state index in [1.165, 1.54) is 17.4 Å². The van der Waals surface area contributed by atoms with Gasteiger partial charge in [-0.25, -0.2) is 4.98 Å². The van der Waals surface area contributed by atoms with Gasteiger partial charge in [0.15, 0.2) is 11.2 Å². The summed E-state index contributed by atoms with van der Waals surface area (Å²) in [5, 5.41) is 15.6. The fourth-order valence-corrected chi connectivity index (χ4v) is 3.72. The van der Waals surface area contributed by atoms with Crippen molar-refractivity contribution in [3.05, 3.63) is 35.7 Å². The molecule has 1 fully saturated rings. The summed E-state index contributed by atoms with van der Waals surface area (Å²) in [5.41, 5.74) is 2.68. The molecule has 0 spiro atoms. The van der Waals surface area contributed by atoms with Crippen LogP contribution in [0.15, 0.2) is 35.5 Å².